The van der Waals surface area contributed by atoms with E-state index in [1.165, 1.54) is 19.1 Å². The minimum Gasteiger partial charge on any atom is -0.455 e. The highest BCUT2D eigenvalue weighted by molar-refractivity contribution is 6.32. The molecule has 24 heavy (non-hydrogen) atoms. The molecule has 0 radical (unpaired) electrons. The Morgan fingerprint density at radius 3 is 2.67 bits per heavy atom. The summed E-state index contributed by atoms with van der Waals surface area (Å²) >= 11 is 12.5. The molecule has 5 nitrogen and oxygen atoms in total. The number of ketones is 1. The van der Waals surface area contributed by atoms with Crippen LogP contribution in [0.15, 0.2) is 30.3 Å². The van der Waals surface area contributed by atoms with Gasteiger partial charge in [-0.3, -0.25) is 4.79 Å². The van der Waals surface area contributed by atoms with Gasteiger partial charge in [-0.2, -0.15) is 5.10 Å². The van der Waals surface area contributed by atoms with Crippen molar-refractivity contribution in [1.82, 2.24) is 9.78 Å². The molecule has 2 rings (SSSR count). The van der Waals surface area contributed by atoms with Crippen molar-refractivity contribution in [3.05, 3.63) is 57.3 Å². The number of hydrogen-bond donors (Lipinski definition) is 0. The smallest absolute Gasteiger partial charge is 0.331 e. The van der Waals surface area contributed by atoms with Gasteiger partial charge in [0.2, 0.25) is 0 Å². The number of hydrogen-bond acceptors (Lipinski definition) is 4. The van der Waals surface area contributed by atoms with Gasteiger partial charge in [0.1, 0.15) is 11.8 Å². The van der Waals surface area contributed by atoms with Crippen molar-refractivity contribution in [3.63, 3.8) is 0 Å². The van der Waals surface area contributed by atoms with Crippen molar-refractivity contribution < 1.29 is 14.3 Å². The SMILES string of the molecule is CC(=O)COC(=O)/C=C/c1c(C)nn(Cc2ccccc2Cl)c1Cl. The van der Waals surface area contributed by atoms with Gasteiger partial charge in [0, 0.05) is 16.7 Å². The molecule has 126 valence electrons. The van der Waals surface area contributed by atoms with Crippen LogP contribution in [-0.4, -0.2) is 28.1 Å². The molecule has 0 saturated carbocycles. The highest BCUT2D eigenvalue weighted by Crippen LogP contribution is 2.24. The average Bonchev–Trinajstić information content (AvgIpc) is 2.79. The molecule has 0 bridgehead atoms. The fraction of sp³-hybridized carbons (Fsp3) is 0.235. The second-order valence-corrected chi connectivity index (χ2v) is 5.95. The van der Waals surface area contributed by atoms with Gasteiger partial charge in [-0.1, -0.05) is 41.4 Å². The summed E-state index contributed by atoms with van der Waals surface area (Å²) in [5.41, 5.74) is 2.17. The lowest BCUT2D eigenvalue weighted by molar-refractivity contribution is -0.142. The zero-order valence-corrected chi connectivity index (χ0v) is 14.8. The Morgan fingerprint density at radius 1 is 1.29 bits per heavy atom. The van der Waals surface area contributed by atoms with E-state index in [4.69, 9.17) is 27.9 Å². The van der Waals surface area contributed by atoms with Gasteiger partial charge in [-0.15, -0.1) is 0 Å². The van der Waals surface area contributed by atoms with Crippen LogP contribution in [0.2, 0.25) is 10.2 Å². The zero-order valence-electron chi connectivity index (χ0n) is 13.3. The van der Waals surface area contributed by atoms with Crippen LogP contribution in [0.5, 0.6) is 0 Å². The summed E-state index contributed by atoms with van der Waals surface area (Å²) < 4.78 is 6.37. The minimum atomic E-state index is -0.612. The Hall–Kier alpha value is -2.11. The average molecular weight is 367 g/mol. The highest BCUT2D eigenvalue weighted by atomic mass is 35.5. The first-order valence-corrected chi connectivity index (χ1v) is 7.94. The van der Waals surface area contributed by atoms with E-state index in [0.29, 0.717) is 28.0 Å². The van der Waals surface area contributed by atoms with Crippen LogP contribution >= 0.6 is 23.2 Å². The van der Waals surface area contributed by atoms with Crippen LogP contribution in [0.25, 0.3) is 6.08 Å². The number of nitrogens with zero attached hydrogens (tertiary/aromatic N) is 2. The molecule has 7 heteroatoms. The fourth-order valence-electron chi connectivity index (χ4n) is 2.02. The number of benzene rings is 1. The van der Waals surface area contributed by atoms with Crippen LogP contribution in [0.4, 0.5) is 0 Å². The first-order chi connectivity index (χ1) is 11.4. The summed E-state index contributed by atoms with van der Waals surface area (Å²) in [4.78, 5) is 22.3. The van der Waals surface area contributed by atoms with Crippen molar-refractivity contribution in [1.29, 1.82) is 0 Å². The third-order valence-corrected chi connectivity index (χ3v) is 3.96. The summed E-state index contributed by atoms with van der Waals surface area (Å²) in [7, 11) is 0. The summed E-state index contributed by atoms with van der Waals surface area (Å²) in [6.45, 7) is 3.30. The van der Waals surface area contributed by atoms with Crippen LogP contribution in [0, 0.1) is 6.92 Å². The van der Waals surface area contributed by atoms with Crippen molar-refractivity contribution in [2.24, 2.45) is 0 Å². The molecule has 0 N–H and O–H groups in total. The molecule has 0 aliphatic rings. The molecule has 0 aliphatic carbocycles. The molecule has 0 saturated heterocycles. The monoisotopic (exact) mass is 366 g/mol. The van der Waals surface area contributed by atoms with Gasteiger partial charge in [-0.25, -0.2) is 9.48 Å². The molecular weight excluding hydrogens is 351 g/mol. The predicted molar refractivity (Wildman–Crippen MR) is 93.2 cm³/mol. The predicted octanol–water partition coefficient (Wildman–Crippen LogP) is 3.69. The molecule has 0 amide bonds. The quantitative estimate of drug-likeness (QED) is 0.577. The molecule has 0 atom stereocenters. The van der Waals surface area contributed by atoms with E-state index in [-0.39, 0.29) is 12.4 Å². The van der Waals surface area contributed by atoms with E-state index in [9.17, 15) is 9.59 Å². The third kappa shape index (κ3) is 4.69. The fourth-order valence-corrected chi connectivity index (χ4v) is 2.51. The number of Topliss-reactive ketones (excluding diaryl/α,β-unsaturated/α-hetero) is 1. The first kappa shape index (κ1) is 18.2. The highest BCUT2D eigenvalue weighted by Gasteiger charge is 2.13. The van der Waals surface area contributed by atoms with E-state index in [1.807, 2.05) is 18.2 Å². The summed E-state index contributed by atoms with van der Waals surface area (Å²) in [5.74, 6) is -0.835. The van der Waals surface area contributed by atoms with E-state index in [2.05, 4.69) is 5.10 Å². The summed E-state index contributed by atoms with van der Waals surface area (Å²) in [5, 5.41) is 5.39. The molecule has 0 fully saturated rings. The van der Waals surface area contributed by atoms with Gasteiger partial charge >= 0.3 is 5.97 Å². The molecule has 0 aliphatic heterocycles. The summed E-state index contributed by atoms with van der Waals surface area (Å²) in [6, 6.07) is 7.43. The van der Waals surface area contributed by atoms with Gasteiger partial charge in [-0.05, 0) is 31.6 Å². The van der Waals surface area contributed by atoms with Crippen LogP contribution in [0.3, 0.4) is 0 Å². The number of carbonyl (C=O) groups excluding carboxylic acids is 2. The number of aryl methyl sites for hydroxylation is 1. The second kappa shape index (κ2) is 8.13. The van der Waals surface area contributed by atoms with Crippen LogP contribution in [-0.2, 0) is 20.9 Å². The van der Waals surface area contributed by atoms with E-state index in [1.54, 1.807) is 17.7 Å². The van der Waals surface area contributed by atoms with E-state index in [0.717, 1.165) is 5.56 Å². The van der Waals surface area contributed by atoms with Crippen LogP contribution in [0.1, 0.15) is 23.7 Å². The van der Waals surface area contributed by atoms with E-state index >= 15 is 0 Å². The lowest BCUT2D eigenvalue weighted by Gasteiger charge is -2.05. The molecular formula is C17H16Cl2N2O3. The number of ether oxygens (including phenoxy) is 1. The second-order valence-electron chi connectivity index (χ2n) is 5.18. The van der Waals surface area contributed by atoms with E-state index < -0.39 is 5.97 Å². The Labute approximate surface area is 149 Å². The standard InChI is InChI=1S/C17H16Cl2N2O3/c1-11(22)10-24-16(23)8-7-14-12(2)20-21(17(14)19)9-13-5-3-4-6-15(13)18/h3-8H,9-10H2,1-2H3/b8-7+. The first-order valence-electron chi connectivity index (χ1n) is 7.19. The van der Waals surface area contributed by atoms with Crippen molar-refractivity contribution in [3.8, 4) is 0 Å². The number of halogens is 2. The molecule has 1 aromatic carbocycles. The maximum absolute atomic E-state index is 11.5. The van der Waals surface area contributed by atoms with Crippen LogP contribution < -0.4 is 0 Å². The maximum atomic E-state index is 11.5. The topological polar surface area (TPSA) is 61.2 Å². The molecule has 1 aromatic heterocycles. The zero-order chi connectivity index (χ0) is 17.7. The van der Waals surface area contributed by atoms with Crippen molar-refractivity contribution in [2.75, 3.05) is 6.61 Å². The van der Waals surface area contributed by atoms with Crippen molar-refractivity contribution in [2.45, 2.75) is 20.4 Å². The molecule has 0 unspecified atom stereocenters. The van der Waals surface area contributed by atoms with Gasteiger partial charge in [0.15, 0.2) is 5.78 Å². The lowest BCUT2D eigenvalue weighted by atomic mass is 10.2. The van der Waals surface area contributed by atoms with Crippen molar-refractivity contribution >= 4 is 41.0 Å². The minimum absolute atomic E-state index is 0.224. The largest absolute Gasteiger partial charge is 0.455 e. The Kier molecular flexibility index (Phi) is 6.17. The Balaban J connectivity index is 2.15. The normalized spacial score (nSPS) is 11.0. The van der Waals surface area contributed by atoms with Gasteiger partial charge < -0.3 is 4.74 Å². The molecule has 0 spiro atoms. The van der Waals surface area contributed by atoms with Gasteiger partial charge in [0.05, 0.1) is 12.2 Å². The Bertz CT molecular complexity index is 797. The third-order valence-electron chi connectivity index (χ3n) is 3.19. The lowest BCUT2D eigenvalue weighted by Crippen LogP contribution is -2.08. The summed E-state index contributed by atoms with van der Waals surface area (Å²) in [6.07, 6.45) is 2.74. The number of aromatic nitrogens is 2. The number of rotatable bonds is 6. The number of carbonyl (C=O) groups is 2. The molecule has 2 aromatic rings. The maximum Gasteiger partial charge on any atom is 0.331 e. The number of esters is 1. The molecule has 1 heterocycles. The Morgan fingerprint density at radius 2 is 2.00 bits per heavy atom. The van der Waals surface area contributed by atoms with Gasteiger partial charge in [0.25, 0.3) is 0 Å².